The zero-order chi connectivity index (χ0) is 19.9. The van der Waals surface area contributed by atoms with Crippen molar-refractivity contribution in [2.45, 2.75) is 19.8 Å². The van der Waals surface area contributed by atoms with Crippen molar-refractivity contribution in [1.82, 2.24) is 9.80 Å². The van der Waals surface area contributed by atoms with Crippen molar-refractivity contribution >= 4 is 11.8 Å². The average Bonchev–Trinajstić information content (AvgIpc) is 2.88. The Morgan fingerprint density at radius 3 is 2.57 bits per heavy atom. The molecule has 1 atom stereocenters. The van der Waals surface area contributed by atoms with Crippen molar-refractivity contribution in [1.29, 1.82) is 0 Å². The lowest BCUT2D eigenvalue weighted by Crippen LogP contribution is -2.37. The molecule has 2 amide bonds. The van der Waals surface area contributed by atoms with Crippen LogP contribution in [0.25, 0.3) is 11.1 Å². The molecule has 1 saturated heterocycles. The van der Waals surface area contributed by atoms with E-state index >= 15 is 0 Å². The molecule has 1 unspecified atom stereocenters. The third-order valence-corrected chi connectivity index (χ3v) is 5.26. The quantitative estimate of drug-likeness (QED) is 0.720. The van der Waals surface area contributed by atoms with Gasteiger partial charge in [-0.1, -0.05) is 67.6 Å². The molecule has 2 aromatic rings. The molecule has 0 radical (unpaired) electrons. The molecule has 28 heavy (non-hydrogen) atoms. The van der Waals surface area contributed by atoms with E-state index in [-0.39, 0.29) is 17.7 Å². The molecule has 4 heteroatoms. The van der Waals surface area contributed by atoms with Gasteiger partial charge in [-0.2, -0.15) is 0 Å². The van der Waals surface area contributed by atoms with E-state index in [0.717, 1.165) is 16.7 Å². The zero-order valence-electron chi connectivity index (χ0n) is 16.5. The fraction of sp³-hybridized carbons (Fsp3) is 0.333. The maximum Gasteiger partial charge on any atom is 0.228 e. The average molecular weight is 377 g/mol. The molecular weight excluding hydrogens is 348 g/mol. The van der Waals surface area contributed by atoms with Crippen LogP contribution in [-0.2, 0) is 16.0 Å². The first kappa shape index (κ1) is 19.9. The van der Waals surface area contributed by atoms with Crippen LogP contribution in [0.3, 0.4) is 0 Å². The summed E-state index contributed by atoms with van der Waals surface area (Å²) in [7, 11) is 0. The van der Waals surface area contributed by atoms with Crippen LogP contribution in [0.1, 0.15) is 18.9 Å². The van der Waals surface area contributed by atoms with Gasteiger partial charge in [0.25, 0.3) is 0 Å². The summed E-state index contributed by atoms with van der Waals surface area (Å²) in [6.07, 6.45) is 2.84. The summed E-state index contributed by atoms with van der Waals surface area (Å²) < 4.78 is 0. The standard InChI is InChI=1S/C24H28N2O2/c1-3-13-25-14-15-26(23(27)4-2)18-22(24(25)28)17-19-9-8-12-21(16-19)20-10-6-5-7-11-20/h3,5-12,16,22H,1,4,13-15,17-18H2,2H3. The summed E-state index contributed by atoms with van der Waals surface area (Å²) in [5.41, 5.74) is 3.42. The molecule has 0 spiro atoms. The van der Waals surface area contributed by atoms with Crippen LogP contribution in [0, 0.1) is 5.92 Å². The molecule has 0 N–H and O–H groups in total. The van der Waals surface area contributed by atoms with E-state index < -0.39 is 0 Å². The first-order chi connectivity index (χ1) is 13.6. The number of benzene rings is 2. The van der Waals surface area contributed by atoms with Gasteiger partial charge < -0.3 is 9.80 Å². The first-order valence-electron chi connectivity index (χ1n) is 9.94. The van der Waals surface area contributed by atoms with Gasteiger partial charge in [0.1, 0.15) is 0 Å². The SMILES string of the molecule is C=CCN1CCN(C(=O)CC)CC(Cc2cccc(-c3ccccc3)c2)C1=O. The van der Waals surface area contributed by atoms with Crippen molar-refractivity contribution in [2.75, 3.05) is 26.2 Å². The summed E-state index contributed by atoms with van der Waals surface area (Å²) in [5, 5.41) is 0. The molecular formula is C24H28N2O2. The fourth-order valence-electron chi connectivity index (χ4n) is 3.78. The molecule has 2 aromatic carbocycles. The number of carbonyl (C=O) groups excluding carboxylic acids is 2. The Balaban J connectivity index is 1.84. The Labute approximate surface area is 167 Å². The molecule has 0 saturated carbocycles. The minimum atomic E-state index is -0.232. The minimum Gasteiger partial charge on any atom is -0.340 e. The molecule has 4 nitrogen and oxygen atoms in total. The van der Waals surface area contributed by atoms with Gasteiger partial charge in [0.2, 0.25) is 11.8 Å². The number of hydrogen-bond donors (Lipinski definition) is 0. The first-order valence-corrected chi connectivity index (χ1v) is 9.94. The van der Waals surface area contributed by atoms with Gasteiger partial charge in [-0.05, 0) is 23.1 Å². The summed E-state index contributed by atoms with van der Waals surface area (Å²) in [6.45, 7) is 7.80. The van der Waals surface area contributed by atoms with Crippen LogP contribution < -0.4 is 0 Å². The highest BCUT2D eigenvalue weighted by Gasteiger charge is 2.31. The number of rotatable bonds is 6. The molecule has 0 bridgehead atoms. The Morgan fingerprint density at radius 1 is 1.11 bits per heavy atom. The van der Waals surface area contributed by atoms with E-state index in [1.54, 1.807) is 6.08 Å². The van der Waals surface area contributed by atoms with Crippen molar-refractivity contribution in [3.8, 4) is 11.1 Å². The summed E-state index contributed by atoms with van der Waals surface area (Å²) in [5.74, 6) is -0.0170. The summed E-state index contributed by atoms with van der Waals surface area (Å²) in [4.78, 5) is 29.1. The van der Waals surface area contributed by atoms with E-state index in [1.807, 2.05) is 41.0 Å². The highest BCUT2D eigenvalue weighted by atomic mass is 16.2. The maximum absolute atomic E-state index is 13.1. The number of nitrogens with zero attached hydrogens (tertiary/aromatic N) is 2. The van der Waals surface area contributed by atoms with Gasteiger partial charge >= 0.3 is 0 Å². The topological polar surface area (TPSA) is 40.6 Å². The van der Waals surface area contributed by atoms with Crippen molar-refractivity contribution in [3.63, 3.8) is 0 Å². The lowest BCUT2D eigenvalue weighted by molar-refractivity contribution is -0.134. The summed E-state index contributed by atoms with van der Waals surface area (Å²) in [6, 6.07) is 18.6. The maximum atomic E-state index is 13.1. The van der Waals surface area contributed by atoms with Crippen LogP contribution in [0.5, 0.6) is 0 Å². The second-order valence-electron chi connectivity index (χ2n) is 7.23. The van der Waals surface area contributed by atoms with Crippen molar-refractivity contribution < 1.29 is 9.59 Å². The van der Waals surface area contributed by atoms with Crippen LogP contribution in [0.2, 0.25) is 0 Å². The van der Waals surface area contributed by atoms with Crippen LogP contribution in [0.4, 0.5) is 0 Å². The second-order valence-corrected chi connectivity index (χ2v) is 7.23. The number of hydrogen-bond acceptors (Lipinski definition) is 2. The monoisotopic (exact) mass is 376 g/mol. The third kappa shape index (κ3) is 4.69. The largest absolute Gasteiger partial charge is 0.340 e. The van der Waals surface area contributed by atoms with Gasteiger partial charge in [0, 0.05) is 32.6 Å². The molecule has 0 aromatic heterocycles. The van der Waals surface area contributed by atoms with E-state index in [0.29, 0.717) is 39.0 Å². The highest BCUT2D eigenvalue weighted by Crippen LogP contribution is 2.23. The molecule has 146 valence electrons. The van der Waals surface area contributed by atoms with Gasteiger partial charge in [-0.15, -0.1) is 6.58 Å². The second kappa shape index (κ2) is 9.36. The Kier molecular flexibility index (Phi) is 6.64. The van der Waals surface area contributed by atoms with Crippen molar-refractivity contribution in [3.05, 3.63) is 72.8 Å². The van der Waals surface area contributed by atoms with Gasteiger partial charge in [-0.3, -0.25) is 9.59 Å². The number of amides is 2. The molecule has 3 rings (SSSR count). The summed E-state index contributed by atoms with van der Waals surface area (Å²) >= 11 is 0. The van der Waals surface area contributed by atoms with Crippen LogP contribution in [-0.4, -0.2) is 47.8 Å². The van der Waals surface area contributed by atoms with Crippen molar-refractivity contribution in [2.24, 2.45) is 5.92 Å². The van der Waals surface area contributed by atoms with E-state index in [1.165, 1.54) is 0 Å². The minimum absolute atomic E-state index is 0.108. The molecule has 1 aliphatic heterocycles. The Hall–Kier alpha value is -2.88. The van der Waals surface area contributed by atoms with Crippen LogP contribution in [0.15, 0.2) is 67.3 Å². The predicted molar refractivity (Wildman–Crippen MR) is 113 cm³/mol. The number of carbonyl (C=O) groups is 2. The lowest BCUT2D eigenvalue weighted by Gasteiger charge is -2.23. The van der Waals surface area contributed by atoms with E-state index in [9.17, 15) is 9.59 Å². The highest BCUT2D eigenvalue weighted by molar-refractivity contribution is 5.82. The third-order valence-electron chi connectivity index (χ3n) is 5.26. The van der Waals surface area contributed by atoms with E-state index in [2.05, 4.69) is 36.9 Å². The fourth-order valence-corrected chi connectivity index (χ4v) is 3.78. The predicted octanol–water partition coefficient (Wildman–Crippen LogP) is 3.78. The smallest absolute Gasteiger partial charge is 0.228 e. The van der Waals surface area contributed by atoms with Crippen LogP contribution >= 0.6 is 0 Å². The Morgan fingerprint density at radius 2 is 1.86 bits per heavy atom. The lowest BCUT2D eigenvalue weighted by atomic mass is 9.94. The van der Waals surface area contributed by atoms with Gasteiger partial charge in [0.15, 0.2) is 0 Å². The molecule has 1 aliphatic rings. The molecule has 1 fully saturated rings. The normalized spacial score (nSPS) is 17.3. The molecule has 1 heterocycles. The van der Waals surface area contributed by atoms with Gasteiger partial charge in [0.05, 0.1) is 5.92 Å². The molecule has 0 aliphatic carbocycles. The van der Waals surface area contributed by atoms with E-state index in [4.69, 9.17) is 0 Å². The zero-order valence-corrected chi connectivity index (χ0v) is 16.5. The Bertz CT molecular complexity index is 832. The van der Waals surface area contributed by atoms with Gasteiger partial charge in [-0.25, -0.2) is 0 Å².